The average molecular weight is 592 g/mol. The maximum Gasteiger partial charge on any atom is 0.225 e. The Kier molecular flexibility index (Phi) is 9.82. The second kappa shape index (κ2) is 13.7. The van der Waals surface area contributed by atoms with Crippen molar-refractivity contribution in [2.24, 2.45) is 5.92 Å². The number of aromatic nitrogens is 4. The van der Waals surface area contributed by atoms with Gasteiger partial charge in [-0.3, -0.25) is 0 Å². The molecule has 2 atom stereocenters. The molecule has 3 N–H and O–H groups in total. The number of nitrogens with one attached hydrogen (secondary N) is 3. The van der Waals surface area contributed by atoms with Crippen molar-refractivity contribution in [3.8, 4) is 0 Å². The van der Waals surface area contributed by atoms with E-state index in [1.165, 1.54) is 11.1 Å². The summed E-state index contributed by atoms with van der Waals surface area (Å²) in [5.41, 5.74) is 5.82. The van der Waals surface area contributed by atoms with Crippen molar-refractivity contribution in [1.82, 2.24) is 19.9 Å². The molecule has 0 spiro atoms. The van der Waals surface area contributed by atoms with Crippen molar-refractivity contribution in [3.63, 3.8) is 0 Å². The van der Waals surface area contributed by atoms with E-state index >= 15 is 0 Å². The van der Waals surface area contributed by atoms with Crippen LogP contribution in [0.15, 0.2) is 72.8 Å². The Morgan fingerprint density at radius 2 is 0.977 bits per heavy atom. The molecule has 1 saturated carbocycles. The van der Waals surface area contributed by atoms with Gasteiger partial charge in [0.15, 0.2) is 0 Å². The zero-order valence-electron chi connectivity index (χ0n) is 27.5. The molecule has 4 aromatic rings. The van der Waals surface area contributed by atoms with Gasteiger partial charge >= 0.3 is 0 Å². The molecule has 44 heavy (non-hydrogen) atoms. The number of hydrogen-bond donors (Lipinski definition) is 3. The van der Waals surface area contributed by atoms with Gasteiger partial charge in [0.25, 0.3) is 0 Å². The summed E-state index contributed by atoms with van der Waals surface area (Å²) in [5.74, 6) is 3.32. The van der Waals surface area contributed by atoms with Crippen LogP contribution in [0.1, 0.15) is 107 Å². The molecule has 2 heterocycles. The van der Waals surface area contributed by atoms with Gasteiger partial charge in [-0.1, -0.05) is 74.5 Å². The minimum absolute atomic E-state index is 0.123. The number of rotatable bonds is 12. The molecular weight excluding hydrogens is 542 g/mol. The van der Waals surface area contributed by atoms with E-state index in [1.54, 1.807) is 0 Å². The molecule has 2 aromatic carbocycles. The predicted molar refractivity (Wildman–Crippen MR) is 183 cm³/mol. The van der Waals surface area contributed by atoms with E-state index in [1.807, 2.05) is 0 Å². The highest BCUT2D eigenvalue weighted by atomic mass is 15.2. The summed E-state index contributed by atoms with van der Waals surface area (Å²) in [6, 6.07) is 26.9. The Bertz CT molecular complexity index is 1320. The van der Waals surface area contributed by atoms with Crippen LogP contribution >= 0.6 is 0 Å². The molecule has 1 aliphatic carbocycles. The molecule has 232 valence electrons. The third-order valence-corrected chi connectivity index (χ3v) is 8.03. The quantitative estimate of drug-likeness (QED) is 0.153. The van der Waals surface area contributed by atoms with Gasteiger partial charge < -0.3 is 16.0 Å². The van der Waals surface area contributed by atoms with Crippen LogP contribution < -0.4 is 16.0 Å². The minimum atomic E-state index is 0.123. The minimum Gasteiger partial charge on any atom is -0.368 e. The summed E-state index contributed by atoms with van der Waals surface area (Å²) in [6.45, 7) is 17.3. The smallest absolute Gasteiger partial charge is 0.225 e. The zero-order valence-corrected chi connectivity index (χ0v) is 27.5. The number of nitrogens with zero attached hydrogens (tertiary/aromatic N) is 4. The van der Waals surface area contributed by atoms with Crippen molar-refractivity contribution >= 4 is 17.7 Å². The van der Waals surface area contributed by atoms with Crippen LogP contribution in [0.5, 0.6) is 0 Å². The van der Waals surface area contributed by atoms with E-state index in [9.17, 15) is 0 Å². The zero-order chi connectivity index (χ0) is 31.4. The van der Waals surface area contributed by atoms with Crippen LogP contribution in [0, 0.1) is 5.92 Å². The van der Waals surface area contributed by atoms with E-state index in [0.29, 0.717) is 17.8 Å². The first-order valence-electron chi connectivity index (χ1n) is 16.2. The van der Waals surface area contributed by atoms with Gasteiger partial charge in [-0.15, -0.1) is 0 Å². The highest BCUT2D eigenvalue weighted by molar-refractivity contribution is 5.51. The molecule has 0 radical (unpaired) electrons. The molecule has 0 aliphatic heterocycles. The standard InChI is InChI=1S/C37H49N7/c1-22(2)19-28-20-29(42-36(41-28)39-24(5)6)34-32(26-15-11-9-12-16-26)35(33(34)27-17-13-10-14-18-27)30-21-31(38-23(3)4)44-37(43-30)40-25(7)8/h9-18,20-25,32-35H,19H2,1-8H3,(H,39,41,42)(H2,38,40,43,44)/t32-,33-,34?,35?/m1/s1. The Morgan fingerprint density at radius 3 is 1.43 bits per heavy atom. The molecule has 0 unspecified atom stereocenters. The van der Waals surface area contributed by atoms with E-state index in [2.05, 4.69) is 144 Å². The SMILES string of the molecule is CC(C)Cc1cc(C2[C@@H](c3ccccc3)C(c3cc(NC(C)C)nc(NC(C)C)n3)[C@@H]2c2ccccc2)nc(NC(C)C)n1. The summed E-state index contributed by atoms with van der Waals surface area (Å²) < 4.78 is 0. The molecule has 5 rings (SSSR count). The summed E-state index contributed by atoms with van der Waals surface area (Å²) in [7, 11) is 0. The lowest BCUT2D eigenvalue weighted by Gasteiger charge is -2.52. The monoisotopic (exact) mass is 591 g/mol. The molecular formula is C37H49N7. The van der Waals surface area contributed by atoms with Crippen LogP contribution in [-0.2, 0) is 6.42 Å². The molecule has 7 heteroatoms. The van der Waals surface area contributed by atoms with Crippen molar-refractivity contribution in [2.75, 3.05) is 16.0 Å². The lowest BCUT2D eigenvalue weighted by molar-refractivity contribution is 0.220. The second-order valence-corrected chi connectivity index (χ2v) is 13.5. The summed E-state index contributed by atoms with van der Waals surface area (Å²) in [5, 5.41) is 10.5. The average Bonchev–Trinajstić information content (AvgIpc) is 2.92. The van der Waals surface area contributed by atoms with Gasteiger partial charge in [-0.25, -0.2) is 15.0 Å². The van der Waals surface area contributed by atoms with E-state index in [0.717, 1.165) is 29.3 Å². The number of hydrogen-bond acceptors (Lipinski definition) is 7. The van der Waals surface area contributed by atoms with Crippen LogP contribution in [0.3, 0.4) is 0 Å². The summed E-state index contributed by atoms with van der Waals surface area (Å²) in [4.78, 5) is 20.2. The van der Waals surface area contributed by atoms with Crippen molar-refractivity contribution in [1.29, 1.82) is 0 Å². The molecule has 7 nitrogen and oxygen atoms in total. The van der Waals surface area contributed by atoms with Crippen molar-refractivity contribution in [2.45, 2.75) is 104 Å². The maximum atomic E-state index is 5.22. The fourth-order valence-corrected chi connectivity index (χ4v) is 6.53. The molecule has 0 amide bonds. The van der Waals surface area contributed by atoms with E-state index < -0.39 is 0 Å². The first kappa shape index (κ1) is 31.4. The fourth-order valence-electron chi connectivity index (χ4n) is 6.53. The summed E-state index contributed by atoms with van der Waals surface area (Å²) >= 11 is 0. The van der Waals surface area contributed by atoms with Gasteiger partial charge in [-0.2, -0.15) is 4.98 Å². The highest BCUT2D eigenvalue weighted by Gasteiger charge is 2.54. The van der Waals surface area contributed by atoms with Crippen molar-refractivity contribution < 1.29 is 0 Å². The van der Waals surface area contributed by atoms with Crippen molar-refractivity contribution in [3.05, 3.63) is 101 Å². The van der Waals surface area contributed by atoms with E-state index in [4.69, 9.17) is 19.9 Å². The van der Waals surface area contributed by atoms with Gasteiger partial charge in [-0.05, 0) is 71.1 Å². The number of benzene rings is 2. The largest absolute Gasteiger partial charge is 0.368 e. The molecule has 0 bridgehead atoms. The second-order valence-electron chi connectivity index (χ2n) is 13.5. The summed E-state index contributed by atoms with van der Waals surface area (Å²) in [6.07, 6.45) is 0.908. The molecule has 1 aliphatic rings. The first-order chi connectivity index (χ1) is 21.1. The Morgan fingerprint density at radius 1 is 0.523 bits per heavy atom. The normalized spacial score (nSPS) is 19.8. The van der Waals surface area contributed by atoms with E-state index in [-0.39, 0.29) is 41.8 Å². The maximum absolute atomic E-state index is 5.22. The molecule has 2 aromatic heterocycles. The lowest BCUT2D eigenvalue weighted by Crippen LogP contribution is -2.41. The Hall–Kier alpha value is -4.00. The Balaban J connectivity index is 1.71. The molecule has 1 fully saturated rings. The number of anilines is 3. The predicted octanol–water partition coefficient (Wildman–Crippen LogP) is 8.37. The topological polar surface area (TPSA) is 87.7 Å². The van der Waals surface area contributed by atoms with Gasteiger partial charge in [0.1, 0.15) is 5.82 Å². The first-order valence-corrected chi connectivity index (χ1v) is 16.2. The fraction of sp³-hybridized carbons (Fsp3) is 0.459. The molecule has 0 saturated heterocycles. The third kappa shape index (κ3) is 7.37. The van der Waals surface area contributed by atoms with Crippen LogP contribution in [0.4, 0.5) is 17.7 Å². The van der Waals surface area contributed by atoms with Gasteiger partial charge in [0.2, 0.25) is 11.9 Å². The lowest BCUT2D eigenvalue weighted by atomic mass is 9.50. The Labute approximate surface area is 263 Å². The van der Waals surface area contributed by atoms with Crippen LogP contribution in [0.25, 0.3) is 0 Å². The van der Waals surface area contributed by atoms with Gasteiger partial charge in [0, 0.05) is 53.6 Å². The third-order valence-electron chi connectivity index (χ3n) is 8.03. The van der Waals surface area contributed by atoms with Crippen LogP contribution in [-0.4, -0.2) is 38.1 Å². The van der Waals surface area contributed by atoms with Gasteiger partial charge in [0.05, 0.1) is 11.4 Å². The highest BCUT2D eigenvalue weighted by Crippen LogP contribution is 2.66. The van der Waals surface area contributed by atoms with Crippen LogP contribution in [0.2, 0.25) is 0 Å².